The molecular formula is C32H27N5O5S. The minimum absolute atomic E-state index is 0.229. The van der Waals surface area contributed by atoms with E-state index in [4.69, 9.17) is 14.5 Å². The molecule has 3 heterocycles. The largest absolute Gasteiger partial charge is 0.493 e. The molecule has 43 heavy (non-hydrogen) atoms. The highest BCUT2D eigenvalue weighted by molar-refractivity contribution is 8.15. The second-order valence-electron chi connectivity index (χ2n) is 9.89. The van der Waals surface area contributed by atoms with Crippen molar-refractivity contribution < 1.29 is 23.9 Å². The van der Waals surface area contributed by atoms with Gasteiger partial charge in [-0.05, 0) is 72.6 Å². The molecule has 0 spiro atoms. The van der Waals surface area contributed by atoms with Crippen molar-refractivity contribution in [1.82, 2.24) is 19.9 Å². The summed E-state index contributed by atoms with van der Waals surface area (Å²) in [4.78, 5) is 44.3. The van der Waals surface area contributed by atoms with Crippen LogP contribution in [0, 0.1) is 0 Å². The van der Waals surface area contributed by atoms with Gasteiger partial charge >= 0.3 is 0 Å². The fourth-order valence-corrected chi connectivity index (χ4v) is 5.53. The van der Waals surface area contributed by atoms with Gasteiger partial charge in [0, 0.05) is 37.6 Å². The van der Waals surface area contributed by atoms with Gasteiger partial charge in [-0.25, -0.2) is 4.98 Å². The van der Waals surface area contributed by atoms with Crippen LogP contribution in [0.4, 0.5) is 10.5 Å². The monoisotopic (exact) mass is 593 g/mol. The van der Waals surface area contributed by atoms with Crippen molar-refractivity contribution in [2.24, 2.45) is 7.05 Å². The van der Waals surface area contributed by atoms with E-state index in [1.165, 1.54) is 6.20 Å². The average molecular weight is 594 g/mol. The molecule has 216 valence electrons. The van der Waals surface area contributed by atoms with Gasteiger partial charge in [0.25, 0.3) is 11.1 Å². The zero-order chi connectivity index (χ0) is 29.8. The van der Waals surface area contributed by atoms with Gasteiger partial charge < -0.3 is 19.4 Å². The van der Waals surface area contributed by atoms with Crippen molar-refractivity contribution in [3.8, 4) is 17.2 Å². The van der Waals surface area contributed by atoms with Crippen LogP contribution in [-0.4, -0.2) is 43.4 Å². The molecule has 1 saturated heterocycles. The van der Waals surface area contributed by atoms with Gasteiger partial charge in [-0.2, -0.15) is 0 Å². The third-order valence-corrected chi connectivity index (χ3v) is 7.90. The second-order valence-corrected chi connectivity index (χ2v) is 11.1. The summed E-state index contributed by atoms with van der Waals surface area (Å²) < 4.78 is 14.0. The molecule has 2 N–H and O–H groups in total. The molecule has 11 heteroatoms. The van der Waals surface area contributed by atoms with Gasteiger partial charge in [-0.3, -0.25) is 24.7 Å². The summed E-state index contributed by atoms with van der Waals surface area (Å²) in [5, 5.41) is 4.48. The number of imide groups is 1. The van der Waals surface area contributed by atoms with Gasteiger partial charge in [-0.1, -0.05) is 23.9 Å². The van der Waals surface area contributed by atoms with Crippen molar-refractivity contribution in [2.45, 2.75) is 18.1 Å². The van der Waals surface area contributed by atoms with E-state index < -0.39 is 0 Å². The summed E-state index contributed by atoms with van der Waals surface area (Å²) in [6.07, 6.45) is 4.24. The van der Waals surface area contributed by atoms with Crippen LogP contribution in [0.15, 0.2) is 91.3 Å². The summed E-state index contributed by atoms with van der Waals surface area (Å²) in [6.45, 7) is 0.443. The Hall–Kier alpha value is -5.16. The maximum absolute atomic E-state index is 12.3. The molecule has 1 atom stereocenters. The smallest absolute Gasteiger partial charge is 0.286 e. The minimum atomic E-state index is -0.388. The number of benzene rings is 3. The van der Waals surface area contributed by atoms with Crippen LogP contribution < -0.4 is 20.1 Å². The Labute approximate surface area is 251 Å². The molecule has 1 unspecified atom stereocenters. The Kier molecular flexibility index (Phi) is 8.05. The predicted molar refractivity (Wildman–Crippen MR) is 164 cm³/mol. The number of rotatable bonds is 10. The van der Waals surface area contributed by atoms with Crippen LogP contribution >= 0.6 is 11.8 Å². The summed E-state index contributed by atoms with van der Waals surface area (Å²) in [7, 11) is 1.96. The summed E-state index contributed by atoms with van der Waals surface area (Å²) in [5.74, 6) is 2.44. The summed E-state index contributed by atoms with van der Waals surface area (Å²) >= 11 is 1.03. The van der Waals surface area contributed by atoms with Gasteiger partial charge in [-0.15, -0.1) is 0 Å². The summed E-state index contributed by atoms with van der Waals surface area (Å²) in [6, 6.07) is 23.9. The number of hydrogen-bond acceptors (Lipinski definition) is 8. The van der Waals surface area contributed by atoms with Crippen molar-refractivity contribution in [3.63, 3.8) is 0 Å². The predicted octanol–water partition coefficient (Wildman–Crippen LogP) is 5.53. The topological polar surface area (TPSA) is 124 Å². The molecular weight excluding hydrogens is 566 g/mol. The molecule has 1 fully saturated rings. The number of fused-ring (bicyclic) bond motifs is 1. The SMILES string of the molecule is Cn1c(CCOc2ccc(CC3SC(=O)NC3=O)cc2)nc2ccc(Oc3ccc(NC(=O)c4cccnc4)cc3)cc21. The molecule has 10 nitrogen and oxygen atoms in total. The lowest BCUT2D eigenvalue weighted by Gasteiger charge is -2.09. The highest BCUT2D eigenvalue weighted by atomic mass is 32.2. The molecule has 3 amide bonds. The molecule has 0 saturated carbocycles. The van der Waals surface area contributed by atoms with Crippen LogP contribution in [0.3, 0.4) is 0 Å². The molecule has 2 aromatic heterocycles. The lowest BCUT2D eigenvalue weighted by atomic mass is 10.1. The van der Waals surface area contributed by atoms with E-state index in [-0.39, 0.29) is 22.3 Å². The lowest BCUT2D eigenvalue weighted by molar-refractivity contribution is -0.118. The Balaban J connectivity index is 1.03. The quantitative estimate of drug-likeness (QED) is 0.217. The number of nitrogens with one attached hydrogen (secondary N) is 2. The fourth-order valence-electron chi connectivity index (χ4n) is 4.67. The summed E-state index contributed by atoms with van der Waals surface area (Å²) in [5.41, 5.74) is 3.89. The van der Waals surface area contributed by atoms with Gasteiger partial charge in [0.2, 0.25) is 5.91 Å². The van der Waals surface area contributed by atoms with Crippen molar-refractivity contribution in [3.05, 3.63) is 108 Å². The first-order valence-corrected chi connectivity index (χ1v) is 14.5. The third kappa shape index (κ3) is 6.68. The number of carbonyl (C=O) groups is 3. The number of anilines is 1. The number of imidazole rings is 1. The van der Waals surface area contributed by atoms with Crippen molar-refractivity contribution in [2.75, 3.05) is 11.9 Å². The molecule has 1 aliphatic heterocycles. The Bertz CT molecular complexity index is 1790. The van der Waals surface area contributed by atoms with Gasteiger partial charge in [0.1, 0.15) is 23.1 Å². The number of aryl methyl sites for hydroxylation is 1. The van der Waals surface area contributed by atoms with Crippen molar-refractivity contribution >= 4 is 45.5 Å². The second kappa shape index (κ2) is 12.4. The number of nitrogens with zero attached hydrogens (tertiary/aromatic N) is 3. The van der Waals surface area contributed by atoms with Crippen LogP contribution in [0.1, 0.15) is 21.7 Å². The van der Waals surface area contributed by atoms with E-state index in [1.807, 2.05) is 54.1 Å². The highest BCUT2D eigenvalue weighted by Crippen LogP contribution is 2.28. The van der Waals surface area contributed by atoms with E-state index >= 15 is 0 Å². The van der Waals surface area contributed by atoms with Crippen LogP contribution in [0.2, 0.25) is 0 Å². The standard InChI is InChI=1S/C32H27N5O5S/c1-37-27-18-25(42-24-10-6-22(7-11-24)34-30(38)21-3-2-15-33-19-21)12-13-26(27)35-29(37)14-16-41-23-8-4-20(5-9-23)17-28-31(39)36-32(40)43-28/h2-13,15,18-19,28H,14,16-17H2,1H3,(H,34,38)(H,36,39,40). The molecule has 5 aromatic rings. The maximum atomic E-state index is 12.3. The Morgan fingerprint density at radius 3 is 2.49 bits per heavy atom. The number of ether oxygens (including phenoxy) is 2. The van der Waals surface area contributed by atoms with E-state index in [1.54, 1.807) is 42.6 Å². The zero-order valence-electron chi connectivity index (χ0n) is 23.2. The molecule has 0 radical (unpaired) electrons. The van der Waals surface area contributed by atoms with Gasteiger partial charge in [0.05, 0.1) is 28.5 Å². The number of aromatic nitrogens is 3. The first-order chi connectivity index (χ1) is 20.9. The molecule has 1 aliphatic rings. The van der Waals surface area contributed by atoms with Crippen LogP contribution in [0.25, 0.3) is 11.0 Å². The lowest BCUT2D eigenvalue weighted by Crippen LogP contribution is -2.25. The Morgan fingerprint density at radius 2 is 1.77 bits per heavy atom. The fraction of sp³-hybridized carbons (Fsp3) is 0.156. The van der Waals surface area contributed by atoms with Crippen molar-refractivity contribution in [1.29, 1.82) is 0 Å². The number of carbonyl (C=O) groups excluding carboxylic acids is 3. The number of amides is 3. The molecule has 0 aliphatic carbocycles. The first kappa shape index (κ1) is 28.0. The first-order valence-electron chi connectivity index (χ1n) is 13.6. The maximum Gasteiger partial charge on any atom is 0.286 e. The van der Waals surface area contributed by atoms with E-state index in [0.29, 0.717) is 42.2 Å². The number of pyridine rings is 1. The normalized spacial score (nSPS) is 14.5. The molecule has 3 aromatic carbocycles. The van der Waals surface area contributed by atoms with E-state index in [9.17, 15) is 14.4 Å². The third-order valence-electron chi connectivity index (χ3n) is 6.92. The van der Waals surface area contributed by atoms with Crippen LogP contribution in [0.5, 0.6) is 17.2 Å². The zero-order valence-corrected chi connectivity index (χ0v) is 24.0. The number of hydrogen-bond donors (Lipinski definition) is 2. The highest BCUT2D eigenvalue weighted by Gasteiger charge is 2.31. The van der Waals surface area contributed by atoms with Crippen LogP contribution in [-0.2, 0) is 24.7 Å². The van der Waals surface area contributed by atoms with Gasteiger partial charge in [0.15, 0.2) is 0 Å². The van der Waals surface area contributed by atoms with E-state index in [0.717, 1.165) is 39.9 Å². The molecule has 0 bridgehead atoms. The average Bonchev–Trinajstić information content (AvgIpc) is 3.51. The Morgan fingerprint density at radius 1 is 1.00 bits per heavy atom. The molecule has 6 rings (SSSR count). The van der Waals surface area contributed by atoms with E-state index in [2.05, 4.69) is 15.6 Å². The number of thioether (sulfide) groups is 1. The minimum Gasteiger partial charge on any atom is -0.493 e.